The van der Waals surface area contributed by atoms with E-state index in [1.54, 1.807) is 18.3 Å². The van der Waals surface area contributed by atoms with Crippen molar-refractivity contribution >= 4 is 5.69 Å². The standard InChI is InChI=1S/C16H20N2O/c1-11-5-6-14(13(9-11)16(2,3)4)19-15-10-12(17)7-8-18-15/h5-10H,1-4H3,(H2,17,18). The van der Waals surface area contributed by atoms with Gasteiger partial charge in [-0.1, -0.05) is 38.5 Å². The largest absolute Gasteiger partial charge is 0.439 e. The Hall–Kier alpha value is -2.03. The van der Waals surface area contributed by atoms with Crippen molar-refractivity contribution in [2.24, 2.45) is 0 Å². The average molecular weight is 256 g/mol. The monoisotopic (exact) mass is 256 g/mol. The number of hydrogen-bond acceptors (Lipinski definition) is 3. The van der Waals surface area contributed by atoms with Crippen molar-refractivity contribution in [1.82, 2.24) is 4.98 Å². The van der Waals surface area contributed by atoms with Gasteiger partial charge in [-0.05, 0) is 24.5 Å². The second-order valence-electron chi connectivity index (χ2n) is 5.78. The van der Waals surface area contributed by atoms with Crippen molar-refractivity contribution in [3.8, 4) is 11.6 Å². The van der Waals surface area contributed by atoms with E-state index < -0.39 is 0 Å². The molecule has 2 rings (SSSR count). The van der Waals surface area contributed by atoms with Crippen LogP contribution in [0.2, 0.25) is 0 Å². The number of benzene rings is 1. The number of aryl methyl sites for hydroxylation is 1. The summed E-state index contributed by atoms with van der Waals surface area (Å²) < 4.78 is 5.88. The van der Waals surface area contributed by atoms with Crippen LogP contribution < -0.4 is 10.5 Å². The van der Waals surface area contributed by atoms with Gasteiger partial charge in [-0.2, -0.15) is 0 Å². The van der Waals surface area contributed by atoms with Gasteiger partial charge in [0.25, 0.3) is 0 Å². The van der Waals surface area contributed by atoms with Crippen LogP contribution in [0, 0.1) is 6.92 Å². The summed E-state index contributed by atoms with van der Waals surface area (Å²) in [4.78, 5) is 4.18. The molecule has 1 aromatic heterocycles. The lowest BCUT2D eigenvalue weighted by Gasteiger charge is -2.23. The predicted molar refractivity (Wildman–Crippen MR) is 78.6 cm³/mol. The van der Waals surface area contributed by atoms with Gasteiger partial charge in [-0.15, -0.1) is 0 Å². The molecule has 0 aliphatic heterocycles. The minimum Gasteiger partial charge on any atom is -0.439 e. The second kappa shape index (κ2) is 4.92. The summed E-state index contributed by atoms with van der Waals surface area (Å²) in [6.07, 6.45) is 1.65. The normalized spacial score (nSPS) is 11.4. The molecule has 2 N–H and O–H groups in total. The minimum atomic E-state index is 0.0156. The van der Waals surface area contributed by atoms with Gasteiger partial charge in [0.05, 0.1) is 0 Å². The van der Waals surface area contributed by atoms with Crippen LogP contribution in [-0.4, -0.2) is 4.98 Å². The van der Waals surface area contributed by atoms with E-state index in [9.17, 15) is 0 Å². The van der Waals surface area contributed by atoms with Crippen molar-refractivity contribution in [2.45, 2.75) is 33.1 Å². The van der Waals surface area contributed by atoms with Gasteiger partial charge in [0.1, 0.15) is 5.75 Å². The number of nitrogens with zero attached hydrogens (tertiary/aromatic N) is 1. The van der Waals surface area contributed by atoms with Crippen LogP contribution in [0.3, 0.4) is 0 Å². The maximum Gasteiger partial charge on any atom is 0.221 e. The van der Waals surface area contributed by atoms with Crippen molar-refractivity contribution in [2.75, 3.05) is 5.73 Å². The van der Waals surface area contributed by atoms with Crippen LogP contribution in [0.15, 0.2) is 36.5 Å². The maximum absolute atomic E-state index is 5.88. The van der Waals surface area contributed by atoms with Crippen LogP contribution in [-0.2, 0) is 5.41 Å². The quantitative estimate of drug-likeness (QED) is 0.881. The van der Waals surface area contributed by atoms with E-state index in [-0.39, 0.29) is 5.41 Å². The first-order chi connectivity index (χ1) is 8.86. The highest BCUT2D eigenvalue weighted by Crippen LogP contribution is 2.34. The predicted octanol–water partition coefficient (Wildman–Crippen LogP) is 4.06. The van der Waals surface area contributed by atoms with E-state index in [1.807, 2.05) is 12.1 Å². The fourth-order valence-electron chi connectivity index (χ4n) is 1.91. The Bertz CT molecular complexity index is 586. The number of hydrogen-bond donors (Lipinski definition) is 1. The molecule has 0 saturated heterocycles. The first-order valence-corrected chi connectivity index (χ1v) is 6.37. The van der Waals surface area contributed by atoms with Gasteiger partial charge in [-0.25, -0.2) is 4.98 Å². The SMILES string of the molecule is Cc1ccc(Oc2cc(N)ccn2)c(C(C)(C)C)c1. The van der Waals surface area contributed by atoms with E-state index in [2.05, 4.69) is 38.7 Å². The third-order valence-corrected chi connectivity index (χ3v) is 2.92. The van der Waals surface area contributed by atoms with Crippen molar-refractivity contribution in [1.29, 1.82) is 0 Å². The third kappa shape index (κ3) is 3.25. The Balaban J connectivity index is 2.40. The summed E-state index contributed by atoms with van der Waals surface area (Å²) in [6.45, 7) is 8.59. The summed E-state index contributed by atoms with van der Waals surface area (Å²) in [7, 11) is 0. The molecule has 0 bridgehead atoms. The zero-order valence-corrected chi connectivity index (χ0v) is 11.9. The summed E-state index contributed by atoms with van der Waals surface area (Å²) in [5, 5.41) is 0. The van der Waals surface area contributed by atoms with Gasteiger partial charge in [0.15, 0.2) is 0 Å². The Morgan fingerprint density at radius 3 is 2.47 bits per heavy atom. The highest BCUT2D eigenvalue weighted by atomic mass is 16.5. The fourth-order valence-corrected chi connectivity index (χ4v) is 1.91. The number of aromatic nitrogens is 1. The molecule has 1 aromatic carbocycles. The zero-order chi connectivity index (χ0) is 14.0. The number of nitrogen functional groups attached to an aromatic ring is 1. The molecule has 2 aromatic rings. The van der Waals surface area contributed by atoms with E-state index in [0.717, 1.165) is 11.3 Å². The molecule has 0 fully saturated rings. The molecule has 19 heavy (non-hydrogen) atoms. The molecule has 3 nitrogen and oxygen atoms in total. The molecule has 0 saturated carbocycles. The lowest BCUT2D eigenvalue weighted by atomic mass is 9.85. The maximum atomic E-state index is 5.88. The van der Waals surface area contributed by atoms with Crippen LogP contribution in [0.5, 0.6) is 11.6 Å². The molecule has 0 radical (unpaired) electrons. The zero-order valence-electron chi connectivity index (χ0n) is 11.9. The Kier molecular flexibility index (Phi) is 3.47. The summed E-state index contributed by atoms with van der Waals surface area (Å²) in [6, 6.07) is 9.65. The van der Waals surface area contributed by atoms with Crippen molar-refractivity contribution in [3.63, 3.8) is 0 Å². The van der Waals surface area contributed by atoms with Gasteiger partial charge in [-0.3, -0.25) is 0 Å². The molecular formula is C16H20N2O. The molecule has 0 unspecified atom stereocenters. The van der Waals surface area contributed by atoms with E-state index in [0.29, 0.717) is 11.6 Å². The molecule has 0 aliphatic carbocycles. The minimum absolute atomic E-state index is 0.0156. The van der Waals surface area contributed by atoms with Crippen molar-refractivity contribution in [3.05, 3.63) is 47.7 Å². The Labute approximate surface area is 114 Å². The molecule has 0 atom stereocenters. The Morgan fingerprint density at radius 1 is 1.11 bits per heavy atom. The molecular weight excluding hydrogens is 236 g/mol. The highest BCUT2D eigenvalue weighted by molar-refractivity contribution is 5.45. The number of ether oxygens (including phenoxy) is 1. The highest BCUT2D eigenvalue weighted by Gasteiger charge is 2.19. The van der Waals surface area contributed by atoms with Gasteiger partial charge in [0, 0.05) is 23.5 Å². The molecule has 1 heterocycles. The van der Waals surface area contributed by atoms with Crippen LogP contribution in [0.1, 0.15) is 31.9 Å². The van der Waals surface area contributed by atoms with Crippen LogP contribution in [0.4, 0.5) is 5.69 Å². The smallest absolute Gasteiger partial charge is 0.221 e. The second-order valence-corrected chi connectivity index (χ2v) is 5.78. The summed E-state index contributed by atoms with van der Waals surface area (Å²) >= 11 is 0. The third-order valence-electron chi connectivity index (χ3n) is 2.92. The summed E-state index contributed by atoms with van der Waals surface area (Å²) in [5.41, 5.74) is 8.79. The lowest BCUT2D eigenvalue weighted by molar-refractivity contribution is 0.440. The first-order valence-electron chi connectivity index (χ1n) is 6.37. The summed E-state index contributed by atoms with van der Waals surface area (Å²) in [5.74, 6) is 1.35. The number of pyridine rings is 1. The molecule has 0 amide bonds. The van der Waals surface area contributed by atoms with Gasteiger partial charge in [0.2, 0.25) is 5.88 Å². The number of anilines is 1. The van der Waals surface area contributed by atoms with Gasteiger partial charge >= 0.3 is 0 Å². The molecule has 0 aliphatic rings. The average Bonchev–Trinajstić information content (AvgIpc) is 2.30. The van der Waals surface area contributed by atoms with Crippen molar-refractivity contribution < 1.29 is 4.74 Å². The molecule has 100 valence electrons. The topological polar surface area (TPSA) is 48.1 Å². The number of nitrogens with two attached hydrogens (primary N) is 1. The fraction of sp³-hybridized carbons (Fsp3) is 0.312. The molecule has 0 spiro atoms. The Morgan fingerprint density at radius 2 is 1.84 bits per heavy atom. The lowest BCUT2D eigenvalue weighted by Crippen LogP contribution is -2.13. The van der Waals surface area contributed by atoms with E-state index in [1.165, 1.54) is 5.56 Å². The van der Waals surface area contributed by atoms with Gasteiger partial charge < -0.3 is 10.5 Å². The van der Waals surface area contributed by atoms with Crippen LogP contribution in [0.25, 0.3) is 0 Å². The van der Waals surface area contributed by atoms with E-state index in [4.69, 9.17) is 10.5 Å². The number of rotatable bonds is 2. The molecule has 3 heteroatoms. The van der Waals surface area contributed by atoms with Crippen LogP contribution >= 0.6 is 0 Å². The van der Waals surface area contributed by atoms with E-state index >= 15 is 0 Å². The first kappa shape index (κ1) is 13.4.